The van der Waals surface area contributed by atoms with E-state index in [1.54, 1.807) is 7.11 Å². The number of rotatable bonds is 5. The molecule has 21 heavy (non-hydrogen) atoms. The van der Waals surface area contributed by atoms with Crippen LogP contribution in [0.25, 0.3) is 0 Å². The van der Waals surface area contributed by atoms with Crippen molar-refractivity contribution in [2.75, 3.05) is 55.9 Å². The summed E-state index contributed by atoms with van der Waals surface area (Å²) in [7, 11) is 13.9. The number of nitrogens with zero attached hydrogens (tertiary/aromatic N) is 4. The van der Waals surface area contributed by atoms with Crippen molar-refractivity contribution < 1.29 is 4.74 Å². The maximum atomic E-state index is 5.32. The van der Waals surface area contributed by atoms with Crippen molar-refractivity contribution in [3.8, 4) is 5.75 Å². The van der Waals surface area contributed by atoms with Crippen LogP contribution in [0.1, 0.15) is 11.6 Å². The minimum absolute atomic E-state index is 0.218. The summed E-state index contributed by atoms with van der Waals surface area (Å²) in [6.07, 6.45) is 0. The molecule has 1 unspecified atom stereocenters. The third kappa shape index (κ3) is 4.93. The maximum Gasteiger partial charge on any atom is 0.195 e. The second-order valence-corrected chi connectivity index (χ2v) is 5.69. The van der Waals surface area contributed by atoms with Gasteiger partial charge in [0.25, 0.3) is 0 Å². The van der Waals surface area contributed by atoms with Crippen molar-refractivity contribution >= 4 is 5.96 Å². The second kappa shape index (κ2) is 7.88. The molecule has 0 aliphatic heterocycles. The van der Waals surface area contributed by atoms with Gasteiger partial charge in [0.1, 0.15) is 5.75 Å². The lowest BCUT2D eigenvalue weighted by atomic mass is 10.1. The number of benzene rings is 1. The Kier molecular flexibility index (Phi) is 6.49. The van der Waals surface area contributed by atoms with Crippen LogP contribution in [-0.4, -0.2) is 76.6 Å². The number of methoxy groups -OCH3 is 1. The average Bonchev–Trinajstić information content (AvgIpc) is 2.42. The molecule has 5 heteroatoms. The highest BCUT2D eigenvalue weighted by Crippen LogP contribution is 2.23. The van der Waals surface area contributed by atoms with Gasteiger partial charge in [-0.2, -0.15) is 0 Å². The first-order chi connectivity index (χ1) is 9.86. The molecule has 1 aromatic carbocycles. The van der Waals surface area contributed by atoms with Gasteiger partial charge in [0.15, 0.2) is 5.96 Å². The highest BCUT2D eigenvalue weighted by atomic mass is 16.5. The van der Waals surface area contributed by atoms with Gasteiger partial charge in [-0.05, 0) is 31.8 Å². The lowest BCUT2D eigenvalue weighted by molar-refractivity contribution is 0.303. The highest BCUT2D eigenvalue weighted by molar-refractivity contribution is 5.79. The van der Waals surface area contributed by atoms with E-state index in [-0.39, 0.29) is 6.04 Å². The van der Waals surface area contributed by atoms with Gasteiger partial charge < -0.3 is 19.4 Å². The van der Waals surface area contributed by atoms with Crippen molar-refractivity contribution in [1.29, 1.82) is 0 Å². The molecular formula is C16H28N4O. The van der Waals surface area contributed by atoms with E-state index in [9.17, 15) is 0 Å². The molecule has 0 aliphatic carbocycles. The van der Waals surface area contributed by atoms with E-state index in [4.69, 9.17) is 9.73 Å². The summed E-state index contributed by atoms with van der Waals surface area (Å²) in [5.74, 6) is 1.84. The SMILES string of the molecule is COc1cccc(C(CN=C(N(C)C)N(C)C)N(C)C)c1. The number of guanidine groups is 1. The molecule has 1 atom stereocenters. The first-order valence-corrected chi connectivity index (χ1v) is 7.06. The molecule has 118 valence electrons. The van der Waals surface area contributed by atoms with Gasteiger partial charge >= 0.3 is 0 Å². The van der Waals surface area contributed by atoms with Crippen LogP contribution in [0.3, 0.4) is 0 Å². The summed E-state index contributed by atoms with van der Waals surface area (Å²) in [5.41, 5.74) is 1.21. The molecule has 1 rings (SSSR count). The molecule has 0 aliphatic rings. The molecule has 0 bridgehead atoms. The van der Waals surface area contributed by atoms with Gasteiger partial charge in [-0.3, -0.25) is 4.99 Å². The quantitative estimate of drug-likeness (QED) is 0.611. The maximum absolute atomic E-state index is 5.32. The van der Waals surface area contributed by atoms with Crippen LogP contribution in [0.5, 0.6) is 5.75 Å². The Hall–Kier alpha value is -1.75. The summed E-state index contributed by atoms with van der Waals surface area (Å²) in [6, 6.07) is 8.39. The average molecular weight is 292 g/mol. The lowest BCUT2D eigenvalue weighted by Crippen LogP contribution is -2.36. The topological polar surface area (TPSA) is 31.3 Å². The van der Waals surface area contributed by atoms with Crippen LogP contribution in [0.15, 0.2) is 29.3 Å². The summed E-state index contributed by atoms with van der Waals surface area (Å²) in [4.78, 5) is 11.0. The Balaban J connectivity index is 2.99. The van der Waals surface area contributed by atoms with Crippen molar-refractivity contribution in [3.05, 3.63) is 29.8 Å². The normalized spacial score (nSPS) is 12.0. The summed E-state index contributed by atoms with van der Waals surface area (Å²) >= 11 is 0. The van der Waals surface area contributed by atoms with Gasteiger partial charge in [-0.15, -0.1) is 0 Å². The monoisotopic (exact) mass is 292 g/mol. The molecule has 5 nitrogen and oxygen atoms in total. The van der Waals surface area contributed by atoms with Crippen LogP contribution in [0.4, 0.5) is 0 Å². The fourth-order valence-corrected chi connectivity index (χ4v) is 2.27. The Morgan fingerprint density at radius 3 is 2.19 bits per heavy atom. The molecule has 0 fully saturated rings. The smallest absolute Gasteiger partial charge is 0.195 e. The van der Waals surface area contributed by atoms with E-state index >= 15 is 0 Å². The third-order valence-corrected chi connectivity index (χ3v) is 3.31. The molecule has 0 saturated carbocycles. The van der Waals surface area contributed by atoms with E-state index in [0.717, 1.165) is 11.7 Å². The van der Waals surface area contributed by atoms with Crippen LogP contribution in [0, 0.1) is 0 Å². The number of ether oxygens (including phenoxy) is 1. The third-order valence-electron chi connectivity index (χ3n) is 3.31. The Bertz CT molecular complexity index is 459. The van der Waals surface area contributed by atoms with Crippen molar-refractivity contribution in [1.82, 2.24) is 14.7 Å². The summed E-state index contributed by atoms with van der Waals surface area (Å²) in [6.45, 7) is 0.700. The van der Waals surface area contributed by atoms with Gasteiger partial charge in [0.05, 0.1) is 19.7 Å². The summed E-state index contributed by atoms with van der Waals surface area (Å²) in [5, 5.41) is 0. The van der Waals surface area contributed by atoms with Gasteiger partial charge in [-0.1, -0.05) is 12.1 Å². The lowest BCUT2D eigenvalue weighted by Gasteiger charge is -2.27. The van der Waals surface area contributed by atoms with Crippen LogP contribution >= 0.6 is 0 Å². The first kappa shape index (κ1) is 17.3. The van der Waals surface area contributed by atoms with E-state index in [1.807, 2.05) is 50.1 Å². The molecule has 1 aromatic rings. The molecule has 0 N–H and O–H groups in total. The molecule has 0 saturated heterocycles. The minimum Gasteiger partial charge on any atom is -0.497 e. The Labute approximate surface area is 128 Å². The minimum atomic E-state index is 0.218. The molecule has 0 amide bonds. The zero-order valence-corrected chi connectivity index (χ0v) is 14.3. The first-order valence-electron chi connectivity index (χ1n) is 7.06. The Morgan fingerprint density at radius 1 is 1.10 bits per heavy atom. The molecule has 0 radical (unpaired) electrons. The van der Waals surface area contributed by atoms with Crippen LogP contribution in [-0.2, 0) is 0 Å². The van der Waals surface area contributed by atoms with Crippen LogP contribution < -0.4 is 4.74 Å². The van der Waals surface area contributed by atoms with Gasteiger partial charge in [0, 0.05) is 28.2 Å². The van der Waals surface area contributed by atoms with Crippen LogP contribution in [0.2, 0.25) is 0 Å². The molecule has 0 aromatic heterocycles. The van der Waals surface area contributed by atoms with Gasteiger partial charge in [0.2, 0.25) is 0 Å². The fourth-order valence-electron chi connectivity index (χ4n) is 2.27. The standard InChI is InChI=1S/C16H28N4O/c1-18(2)15(12-17-16(19(3)4)20(5)6)13-9-8-10-14(11-13)21-7/h8-11,15H,12H2,1-7H3. The Morgan fingerprint density at radius 2 is 1.71 bits per heavy atom. The van der Waals surface area contributed by atoms with E-state index in [1.165, 1.54) is 5.56 Å². The predicted molar refractivity (Wildman–Crippen MR) is 89.1 cm³/mol. The predicted octanol–water partition coefficient (Wildman–Crippen LogP) is 1.78. The molecular weight excluding hydrogens is 264 g/mol. The molecule has 0 heterocycles. The van der Waals surface area contributed by atoms with E-state index < -0.39 is 0 Å². The zero-order valence-electron chi connectivity index (χ0n) is 14.3. The summed E-state index contributed by atoms with van der Waals surface area (Å²) < 4.78 is 5.32. The molecule has 0 spiro atoms. The van der Waals surface area contributed by atoms with E-state index in [0.29, 0.717) is 6.54 Å². The number of hydrogen-bond acceptors (Lipinski definition) is 3. The largest absolute Gasteiger partial charge is 0.497 e. The number of likely N-dealkylation sites (N-methyl/N-ethyl adjacent to an activating group) is 1. The van der Waals surface area contributed by atoms with Crippen molar-refractivity contribution in [2.24, 2.45) is 4.99 Å². The van der Waals surface area contributed by atoms with Crippen molar-refractivity contribution in [2.45, 2.75) is 6.04 Å². The van der Waals surface area contributed by atoms with E-state index in [2.05, 4.69) is 31.1 Å². The van der Waals surface area contributed by atoms with Gasteiger partial charge in [-0.25, -0.2) is 0 Å². The van der Waals surface area contributed by atoms with Crippen molar-refractivity contribution in [3.63, 3.8) is 0 Å². The fraction of sp³-hybridized carbons (Fsp3) is 0.562. The zero-order chi connectivity index (χ0) is 16.0. The second-order valence-electron chi connectivity index (χ2n) is 5.69. The number of aliphatic imine (C=N–C) groups is 1. The number of hydrogen-bond donors (Lipinski definition) is 0. The highest BCUT2D eigenvalue weighted by Gasteiger charge is 2.15.